The molecule has 4 atom stereocenters. The molecule has 0 radical (unpaired) electrons. The fourth-order valence-electron chi connectivity index (χ4n) is 3.26. The van der Waals surface area contributed by atoms with Gasteiger partial charge in [0.2, 0.25) is 0 Å². The molecule has 0 aromatic rings. The zero-order chi connectivity index (χ0) is 13.7. The summed E-state index contributed by atoms with van der Waals surface area (Å²) in [5, 5.41) is 0. The van der Waals surface area contributed by atoms with Crippen molar-refractivity contribution in [2.45, 2.75) is 56.8 Å². The average molecular weight is 272 g/mol. The van der Waals surface area contributed by atoms with E-state index in [0.717, 1.165) is 51.9 Å². The summed E-state index contributed by atoms with van der Waals surface area (Å²) in [6, 6.07) is 0.346. The summed E-state index contributed by atoms with van der Waals surface area (Å²) < 4.78 is 16.8. The van der Waals surface area contributed by atoms with Crippen LogP contribution in [0.2, 0.25) is 0 Å². The summed E-state index contributed by atoms with van der Waals surface area (Å²) in [6.07, 6.45) is 5.54. The smallest absolute Gasteiger partial charge is 0.0939 e. The Hall–Kier alpha value is -0.200. The van der Waals surface area contributed by atoms with E-state index >= 15 is 0 Å². The highest BCUT2D eigenvalue weighted by atomic mass is 16.6. The van der Waals surface area contributed by atoms with E-state index in [4.69, 9.17) is 20.1 Å². The maximum Gasteiger partial charge on any atom is 0.0939 e. The van der Waals surface area contributed by atoms with Gasteiger partial charge in [0, 0.05) is 32.8 Å². The number of rotatable bonds is 6. The summed E-state index contributed by atoms with van der Waals surface area (Å²) in [6.45, 7) is 4.50. The van der Waals surface area contributed by atoms with Crippen LogP contribution in [0.4, 0.5) is 0 Å². The average Bonchev–Trinajstić information content (AvgIpc) is 2.87. The molecule has 5 nitrogen and oxygen atoms in total. The third-order valence-electron chi connectivity index (χ3n) is 4.67. The quantitative estimate of drug-likeness (QED) is 0.562. The summed E-state index contributed by atoms with van der Waals surface area (Å²) in [5.74, 6) is 6.33. The second-order valence-electron chi connectivity index (χ2n) is 5.98. The van der Waals surface area contributed by atoms with Crippen LogP contribution in [-0.2, 0) is 14.2 Å². The normalized spacial score (nSPS) is 34.6. The van der Waals surface area contributed by atoms with Gasteiger partial charge in [-0.1, -0.05) is 0 Å². The van der Waals surface area contributed by atoms with Gasteiger partial charge in [-0.2, -0.15) is 0 Å². The van der Waals surface area contributed by atoms with Gasteiger partial charge in [0.25, 0.3) is 0 Å². The van der Waals surface area contributed by atoms with Crippen molar-refractivity contribution in [1.82, 2.24) is 5.43 Å². The van der Waals surface area contributed by atoms with E-state index in [1.54, 1.807) is 7.11 Å². The highest BCUT2D eigenvalue weighted by Gasteiger charge is 2.42. The van der Waals surface area contributed by atoms with Crippen molar-refractivity contribution in [3.63, 3.8) is 0 Å². The monoisotopic (exact) mass is 272 g/mol. The molecule has 4 unspecified atom stereocenters. The van der Waals surface area contributed by atoms with Crippen molar-refractivity contribution in [3.05, 3.63) is 0 Å². The van der Waals surface area contributed by atoms with E-state index in [1.165, 1.54) is 0 Å². The summed E-state index contributed by atoms with van der Waals surface area (Å²) in [7, 11) is 1.76. The number of nitrogens with one attached hydrogen (secondary N) is 1. The molecule has 0 aliphatic carbocycles. The minimum Gasteiger partial charge on any atom is -0.382 e. The molecule has 2 rings (SSSR count). The van der Waals surface area contributed by atoms with Crippen molar-refractivity contribution >= 4 is 0 Å². The largest absolute Gasteiger partial charge is 0.382 e. The van der Waals surface area contributed by atoms with Gasteiger partial charge in [0.1, 0.15) is 0 Å². The standard InChI is InChI=1S/C14H28N2O3/c1-11(17-2)3-4-13(16-15)12-5-7-19-14(9-12)6-8-18-10-14/h11-13,16H,3-10,15H2,1-2H3. The van der Waals surface area contributed by atoms with E-state index in [0.29, 0.717) is 18.1 Å². The van der Waals surface area contributed by atoms with Gasteiger partial charge in [-0.25, -0.2) is 0 Å². The lowest BCUT2D eigenvalue weighted by atomic mass is 9.80. The van der Waals surface area contributed by atoms with Crippen LogP contribution in [0.1, 0.15) is 39.0 Å². The molecule has 2 aliphatic rings. The molecule has 2 fully saturated rings. The zero-order valence-corrected chi connectivity index (χ0v) is 12.2. The molecular weight excluding hydrogens is 244 g/mol. The molecule has 5 heteroatoms. The molecule has 19 heavy (non-hydrogen) atoms. The molecule has 2 aliphatic heterocycles. The second kappa shape index (κ2) is 6.99. The first-order chi connectivity index (χ1) is 9.19. The fourth-order valence-corrected chi connectivity index (χ4v) is 3.26. The lowest BCUT2D eigenvalue weighted by Gasteiger charge is -2.40. The highest BCUT2D eigenvalue weighted by molar-refractivity contribution is 4.93. The van der Waals surface area contributed by atoms with Gasteiger partial charge in [-0.15, -0.1) is 0 Å². The van der Waals surface area contributed by atoms with Gasteiger partial charge in [0.15, 0.2) is 0 Å². The molecule has 2 heterocycles. The number of hydrazine groups is 1. The molecule has 0 bridgehead atoms. The first-order valence-electron chi connectivity index (χ1n) is 7.40. The summed E-state index contributed by atoms with van der Waals surface area (Å²) >= 11 is 0. The van der Waals surface area contributed by atoms with Gasteiger partial charge >= 0.3 is 0 Å². The Labute approximate surface area is 116 Å². The van der Waals surface area contributed by atoms with Crippen LogP contribution >= 0.6 is 0 Å². The maximum atomic E-state index is 5.98. The van der Waals surface area contributed by atoms with Gasteiger partial charge in [0.05, 0.1) is 18.3 Å². The van der Waals surface area contributed by atoms with Crippen LogP contribution in [0, 0.1) is 5.92 Å². The van der Waals surface area contributed by atoms with Crippen LogP contribution in [0.15, 0.2) is 0 Å². The second-order valence-corrected chi connectivity index (χ2v) is 5.98. The van der Waals surface area contributed by atoms with Crippen molar-refractivity contribution in [2.24, 2.45) is 11.8 Å². The van der Waals surface area contributed by atoms with Gasteiger partial charge in [-0.3, -0.25) is 11.3 Å². The van der Waals surface area contributed by atoms with Crippen molar-refractivity contribution in [1.29, 1.82) is 0 Å². The fraction of sp³-hybridized carbons (Fsp3) is 1.00. The van der Waals surface area contributed by atoms with Gasteiger partial charge in [-0.05, 0) is 38.5 Å². The van der Waals surface area contributed by atoms with E-state index in [2.05, 4.69) is 12.3 Å². The topological polar surface area (TPSA) is 65.7 Å². The Balaban J connectivity index is 1.87. The molecular formula is C14H28N2O3. The van der Waals surface area contributed by atoms with Crippen molar-refractivity contribution in [3.8, 4) is 0 Å². The Morgan fingerprint density at radius 3 is 2.89 bits per heavy atom. The highest BCUT2D eigenvalue weighted by Crippen LogP contribution is 2.37. The Morgan fingerprint density at radius 2 is 2.26 bits per heavy atom. The van der Waals surface area contributed by atoms with Crippen LogP contribution in [-0.4, -0.2) is 44.7 Å². The van der Waals surface area contributed by atoms with Crippen molar-refractivity contribution < 1.29 is 14.2 Å². The molecule has 2 saturated heterocycles. The summed E-state index contributed by atoms with van der Waals surface area (Å²) in [5.41, 5.74) is 2.97. The lowest BCUT2D eigenvalue weighted by Crippen LogP contribution is -2.49. The molecule has 0 aromatic heterocycles. The predicted molar refractivity (Wildman–Crippen MR) is 73.7 cm³/mol. The molecule has 3 N–H and O–H groups in total. The third kappa shape index (κ3) is 3.89. The first kappa shape index (κ1) is 15.2. The number of hydrogen-bond donors (Lipinski definition) is 2. The Bertz CT molecular complexity index is 269. The van der Waals surface area contributed by atoms with Crippen LogP contribution in [0.3, 0.4) is 0 Å². The number of nitrogens with two attached hydrogens (primary N) is 1. The first-order valence-corrected chi connectivity index (χ1v) is 7.40. The van der Waals surface area contributed by atoms with E-state index in [-0.39, 0.29) is 5.60 Å². The molecule has 0 saturated carbocycles. The molecule has 1 spiro atoms. The van der Waals surface area contributed by atoms with Crippen LogP contribution in [0.25, 0.3) is 0 Å². The molecule has 112 valence electrons. The van der Waals surface area contributed by atoms with E-state index < -0.39 is 0 Å². The minimum absolute atomic E-state index is 0.0368. The zero-order valence-electron chi connectivity index (χ0n) is 12.2. The molecule has 0 aromatic carbocycles. The number of methoxy groups -OCH3 is 1. The van der Waals surface area contributed by atoms with E-state index in [1.807, 2.05) is 0 Å². The Morgan fingerprint density at radius 1 is 1.42 bits per heavy atom. The van der Waals surface area contributed by atoms with Crippen LogP contribution < -0.4 is 11.3 Å². The third-order valence-corrected chi connectivity index (χ3v) is 4.67. The lowest BCUT2D eigenvalue weighted by molar-refractivity contribution is -0.103. The SMILES string of the molecule is COC(C)CCC(NN)C1CCOC2(CCOC2)C1. The van der Waals surface area contributed by atoms with Gasteiger partial charge < -0.3 is 14.2 Å². The number of hydrogen-bond acceptors (Lipinski definition) is 5. The van der Waals surface area contributed by atoms with E-state index in [9.17, 15) is 0 Å². The minimum atomic E-state index is -0.0368. The summed E-state index contributed by atoms with van der Waals surface area (Å²) in [4.78, 5) is 0. The number of ether oxygens (including phenoxy) is 3. The molecule has 0 amide bonds. The van der Waals surface area contributed by atoms with Crippen molar-refractivity contribution in [2.75, 3.05) is 26.9 Å². The predicted octanol–water partition coefficient (Wildman–Crippen LogP) is 1.22. The Kier molecular flexibility index (Phi) is 5.59. The van der Waals surface area contributed by atoms with Crippen LogP contribution in [0.5, 0.6) is 0 Å². The maximum absolute atomic E-state index is 5.98.